The van der Waals surface area contributed by atoms with Crippen LogP contribution in [0.15, 0.2) is 42.5 Å². The van der Waals surface area contributed by atoms with E-state index in [1.54, 1.807) is 36.4 Å². The molecule has 0 fully saturated rings. The highest BCUT2D eigenvalue weighted by Gasteiger charge is 2.10. The topological polar surface area (TPSA) is 88.7 Å². The summed E-state index contributed by atoms with van der Waals surface area (Å²) in [5, 5.41) is 3.11. The van der Waals surface area contributed by atoms with E-state index < -0.39 is 11.8 Å². The van der Waals surface area contributed by atoms with Crippen LogP contribution in [0.4, 0.5) is 0 Å². The van der Waals surface area contributed by atoms with Crippen molar-refractivity contribution >= 4 is 52.3 Å². The lowest BCUT2D eigenvalue weighted by Gasteiger charge is -2.12. The lowest BCUT2D eigenvalue weighted by molar-refractivity contribution is -0.123. The normalized spacial score (nSPS) is 10.2. The summed E-state index contributed by atoms with van der Waals surface area (Å²) < 4.78 is 10.8. The molecular formula is C19H19Cl2N3O4S. The van der Waals surface area contributed by atoms with E-state index in [0.717, 1.165) is 0 Å². The SMILES string of the molecule is CC(C)Oc1ccc(C(=O)NC(=S)NNC(=O)COc2ccc(Cl)cc2Cl)cc1. The average Bonchev–Trinajstić information content (AvgIpc) is 2.65. The molecule has 0 aliphatic carbocycles. The minimum atomic E-state index is -0.525. The average molecular weight is 456 g/mol. The summed E-state index contributed by atoms with van der Waals surface area (Å²) in [6.45, 7) is 3.50. The molecular weight excluding hydrogens is 437 g/mol. The largest absolute Gasteiger partial charge is 0.491 e. The molecule has 0 bridgehead atoms. The number of ether oxygens (including phenoxy) is 2. The van der Waals surface area contributed by atoms with Gasteiger partial charge in [0.05, 0.1) is 11.1 Å². The number of hydrogen-bond donors (Lipinski definition) is 3. The van der Waals surface area contributed by atoms with Crippen molar-refractivity contribution in [2.45, 2.75) is 20.0 Å². The van der Waals surface area contributed by atoms with Gasteiger partial charge in [-0.05, 0) is 68.5 Å². The van der Waals surface area contributed by atoms with Gasteiger partial charge in [-0.2, -0.15) is 0 Å². The zero-order chi connectivity index (χ0) is 21.4. The fourth-order valence-electron chi connectivity index (χ4n) is 2.06. The lowest BCUT2D eigenvalue weighted by atomic mass is 10.2. The van der Waals surface area contributed by atoms with E-state index in [-0.39, 0.29) is 22.8 Å². The molecule has 154 valence electrons. The number of halogens is 2. The first kappa shape index (κ1) is 22.7. The Kier molecular flexibility index (Phi) is 8.50. The molecule has 2 amide bonds. The molecule has 0 aromatic heterocycles. The number of rotatable bonds is 6. The highest BCUT2D eigenvalue weighted by atomic mass is 35.5. The van der Waals surface area contributed by atoms with Gasteiger partial charge in [0.15, 0.2) is 11.7 Å². The van der Waals surface area contributed by atoms with Crippen molar-refractivity contribution in [1.82, 2.24) is 16.2 Å². The molecule has 10 heteroatoms. The number of thiocarbonyl (C=S) groups is 1. The minimum Gasteiger partial charge on any atom is -0.491 e. The van der Waals surface area contributed by atoms with Gasteiger partial charge in [-0.1, -0.05) is 23.2 Å². The first-order chi connectivity index (χ1) is 13.7. The molecule has 0 aliphatic heterocycles. The molecule has 0 unspecified atom stereocenters. The third-order valence-electron chi connectivity index (χ3n) is 3.28. The molecule has 0 heterocycles. The summed E-state index contributed by atoms with van der Waals surface area (Å²) >= 11 is 16.7. The maximum Gasteiger partial charge on any atom is 0.276 e. The molecule has 3 N–H and O–H groups in total. The second-order valence-corrected chi connectivity index (χ2v) is 7.26. The number of hydrazine groups is 1. The van der Waals surface area contributed by atoms with Crippen molar-refractivity contribution < 1.29 is 19.1 Å². The summed E-state index contributed by atoms with van der Waals surface area (Å²) in [5.41, 5.74) is 5.12. The minimum absolute atomic E-state index is 0.0368. The molecule has 0 saturated heterocycles. The molecule has 0 spiro atoms. The van der Waals surface area contributed by atoms with Crippen LogP contribution in [0, 0.1) is 0 Å². The molecule has 2 aromatic rings. The van der Waals surface area contributed by atoms with Gasteiger partial charge in [0.2, 0.25) is 0 Å². The Morgan fingerprint density at radius 1 is 1.07 bits per heavy atom. The van der Waals surface area contributed by atoms with Gasteiger partial charge < -0.3 is 9.47 Å². The van der Waals surface area contributed by atoms with E-state index in [9.17, 15) is 9.59 Å². The highest BCUT2D eigenvalue weighted by Crippen LogP contribution is 2.27. The van der Waals surface area contributed by atoms with Crippen LogP contribution < -0.4 is 25.6 Å². The van der Waals surface area contributed by atoms with Crippen molar-refractivity contribution in [1.29, 1.82) is 0 Å². The fraction of sp³-hybridized carbons (Fsp3) is 0.211. The summed E-state index contributed by atoms with van der Waals surface area (Å²) in [6.07, 6.45) is 0.0368. The fourth-order valence-corrected chi connectivity index (χ4v) is 2.67. The van der Waals surface area contributed by atoms with Crippen LogP contribution in [-0.2, 0) is 4.79 Å². The summed E-state index contributed by atoms with van der Waals surface area (Å²) in [6, 6.07) is 11.2. The van der Waals surface area contributed by atoms with Gasteiger partial charge in [0.25, 0.3) is 11.8 Å². The molecule has 0 aliphatic rings. The highest BCUT2D eigenvalue weighted by molar-refractivity contribution is 7.80. The van der Waals surface area contributed by atoms with Gasteiger partial charge >= 0.3 is 0 Å². The van der Waals surface area contributed by atoms with Crippen LogP contribution in [-0.4, -0.2) is 29.6 Å². The van der Waals surface area contributed by atoms with Gasteiger partial charge in [0, 0.05) is 10.6 Å². The monoisotopic (exact) mass is 455 g/mol. The van der Waals surface area contributed by atoms with Crippen LogP contribution in [0.1, 0.15) is 24.2 Å². The van der Waals surface area contributed by atoms with Crippen molar-refractivity contribution in [2.24, 2.45) is 0 Å². The first-order valence-electron chi connectivity index (χ1n) is 8.49. The molecule has 2 aromatic carbocycles. The number of hydrogen-bond acceptors (Lipinski definition) is 5. The van der Waals surface area contributed by atoms with Crippen molar-refractivity contribution in [3.8, 4) is 11.5 Å². The van der Waals surface area contributed by atoms with E-state index in [2.05, 4.69) is 16.2 Å². The second kappa shape index (κ2) is 10.8. The molecule has 0 saturated carbocycles. The smallest absolute Gasteiger partial charge is 0.276 e. The number of carbonyl (C=O) groups is 2. The summed E-state index contributed by atoms with van der Waals surface area (Å²) in [5.74, 6) is 0.0112. The molecule has 7 nitrogen and oxygen atoms in total. The third kappa shape index (κ3) is 7.77. The number of amides is 2. The Bertz CT molecular complexity index is 892. The second-order valence-electron chi connectivity index (χ2n) is 6.01. The van der Waals surface area contributed by atoms with E-state index in [4.69, 9.17) is 44.9 Å². The van der Waals surface area contributed by atoms with Gasteiger partial charge in [-0.25, -0.2) is 0 Å². The maximum atomic E-state index is 12.2. The lowest BCUT2D eigenvalue weighted by Crippen LogP contribution is -2.49. The zero-order valence-corrected chi connectivity index (χ0v) is 18.0. The van der Waals surface area contributed by atoms with E-state index >= 15 is 0 Å². The van der Waals surface area contributed by atoms with Crippen LogP contribution >= 0.6 is 35.4 Å². The van der Waals surface area contributed by atoms with Crippen molar-refractivity contribution in [3.05, 3.63) is 58.1 Å². The number of benzene rings is 2. The van der Waals surface area contributed by atoms with Crippen LogP contribution in [0.2, 0.25) is 10.0 Å². The Balaban J connectivity index is 1.75. The van der Waals surface area contributed by atoms with Crippen molar-refractivity contribution in [2.75, 3.05) is 6.61 Å². The predicted molar refractivity (Wildman–Crippen MR) is 116 cm³/mol. The Labute approximate surface area is 183 Å². The first-order valence-corrected chi connectivity index (χ1v) is 9.65. The summed E-state index contributed by atoms with van der Waals surface area (Å²) in [7, 11) is 0. The predicted octanol–water partition coefficient (Wildman–Crippen LogP) is 3.50. The van der Waals surface area contributed by atoms with Gasteiger partial charge in [0.1, 0.15) is 11.5 Å². The standard InChI is InChI=1S/C19H19Cl2N3O4S/c1-11(2)28-14-6-3-12(4-7-14)18(26)22-19(29)24-23-17(25)10-27-16-8-5-13(20)9-15(16)21/h3-9,11H,10H2,1-2H3,(H,23,25)(H2,22,24,26,29). The number of carbonyl (C=O) groups excluding carboxylic acids is 2. The Morgan fingerprint density at radius 2 is 1.76 bits per heavy atom. The molecule has 2 rings (SSSR count). The summed E-state index contributed by atoms with van der Waals surface area (Å²) in [4.78, 5) is 24.0. The van der Waals surface area contributed by atoms with Crippen LogP contribution in [0.3, 0.4) is 0 Å². The van der Waals surface area contributed by atoms with Gasteiger partial charge in [-0.15, -0.1) is 0 Å². The van der Waals surface area contributed by atoms with E-state index in [1.165, 1.54) is 6.07 Å². The van der Waals surface area contributed by atoms with Crippen LogP contribution in [0.5, 0.6) is 11.5 Å². The molecule has 29 heavy (non-hydrogen) atoms. The zero-order valence-electron chi connectivity index (χ0n) is 15.6. The third-order valence-corrected chi connectivity index (χ3v) is 4.02. The van der Waals surface area contributed by atoms with Crippen molar-refractivity contribution in [3.63, 3.8) is 0 Å². The quantitative estimate of drug-likeness (QED) is 0.456. The molecule has 0 atom stereocenters. The van der Waals surface area contributed by atoms with Gasteiger partial charge in [-0.3, -0.25) is 25.8 Å². The van der Waals surface area contributed by atoms with Crippen LogP contribution in [0.25, 0.3) is 0 Å². The molecule has 0 radical (unpaired) electrons. The van der Waals surface area contributed by atoms with E-state index in [1.807, 2.05) is 13.8 Å². The number of nitrogens with one attached hydrogen (secondary N) is 3. The Hall–Kier alpha value is -2.55. The van der Waals surface area contributed by atoms with E-state index in [0.29, 0.717) is 22.1 Å². The maximum absolute atomic E-state index is 12.2. The Morgan fingerprint density at radius 3 is 2.38 bits per heavy atom.